The molecule has 0 unspecified atom stereocenters. The third kappa shape index (κ3) is 5.80. The van der Waals surface area contributed by atoms with E-state index in [1.165, 1.54) is 12.1 Å². The number of hydrogen-bond donors (Lipinski definition) is 3. The van der Waals surface area contributed by atoms with Crippen molar-refractivity contribution in [2.75, 3.05) is 11.9 Å². The van der Waals surface area contributed by atoms with Crippen molar-refractivity contribution >= 4 is 23.0 Å². The summed E-state index contributed by atoms with van der Waals surface area (Å²) >= 11 is 5.06. The first-order chi connectivity index (χ1) is 9.05. The number of rotatable bonds is 6. The van der Waals surface area contributed by atoms with Gasteiger partial charge in [0, 0.05) is 5.69 Å². The molecule has 4 nitrogen and oxygen atoms in total. The topological polar surface area (TPSA) is 53.5 Å². The zero-order valence-corrected chi connectivity index (χ0v) is 11.2. The van der Waals surface area contributed by atoms with Crippen molar-refractivity contribution in [3.05, 3.63) is 24.3 Å². The molecular formula is C12H16F2N2O2S. The third-order valence-corrected chi connectivity index (χ3v) is 2.61. The molecular weight excluding hydrogens is 274 g/mol. The van der Waals surface area contributed by atoms with Gasteiger partial charge in [-0.3, -0.25) is 0 Å². The predicted molar refractivity (Wildman–Crippen MR) is 73.6 cm³/mol. The van der Waals surface area contributed by atoms with Crippen LogP contribution in [0.25, 0.3) is 0 Å². The molecule has 0 aliphatic rings. The number of benzene rings is 1. The molecule has 0 amide bonds. The minimum absolute atomic E-state index is 0.0144. The van der Waals surface area contributed by atoms with Crippen LogP contribution >= 0.6 is 12.2 Å². The first kappa shape index (κ1) is 15.6. The highest BCUT2D eigenvalue weighted by molar-refractivity contribution is 7.80. The molecule has 0 spiro atoms. The zero-order valence-electron chi connectivity index (χ0n) is 10.4. The molecule has 0 saturated heterocycles. The molecule has 0 fully saturated rings. The van der Waals surface area contributed by atoms with Gasteiger partial charge in [-0.1, -0.05) is 6.92 Å². The van der Waals surface area contributed by atoms with Gasteiger partial charge in [-0.05, 0) is 42.9 Å². The number of ether oxygens (including phenoxy) is 1. The fourth-order valence-electron chi connectivity index (χ4n) is 1.35. The Hall–Kier alpha value is -1.47. The van der Waals surface area contributed by atoms with Crippen molar-refractivity contribution in [3.8, 4) is 5.75 Å². The van der Waals surface area contributed by atoms with E-state index in [-0.39, 0.29) is 18.4 Å². The number of aliphatic hydroxyl groups is 1. The Morgan fingerprint density at radius 3 is 2.47 bits per heavy atom. The number of anilines is 1. The largest absolute Gasteiger partial charge is 0.435 e. The monoisotopic (exact) mass is 290 g/mol. The highest BCUT2D eigenvalue weighted by atomic mass is 32.1. The Balaban J connectivity index is 2.50. The Kier molecular flexibility index (Phi) is 6.44. The minimum Gasteiger partial charge on any atom is -0.435 e. The average Bonchev–Trinajstić information content (AvgIpc) is 2.37. The lowest BCUT2D eigenvalue weighted by Gasteiger charge is -2.17. The third-order valence-electron chi connectivity index (χ3n) is 2.39. The van der Waals surface area contributed by atoms with Crippen LogP contribution in [0.15, 0.2) is 24.3 Å². The summed E-state index contributed by atoms with van der Waals surface area (Å²) in [6.45, 7) is -0.927. The van der Waals surface area contributed by atoms with Gasteiger partial charge in [-0.15, -0.1) is 0 Å². The van der Waals surface area contributed by atoms with E-state index < -0.39 is 6.61 Å². The van der Waals surface area contributed by atoms with Crippen LogP contribution in [-0.2, 0) is 0 Å². The molecule has 0 bridgehead atoms. The number of halogens is 2. The summed E-state index contributed by atoms with van der Waals surface area (Å²) in [5.74, 6) is 0.0845. The molecule has 106 valence electrons. The molecule has 1 atom stereocenters. The molecule has 0 radical (unpaired) electrons. The lowest BCUT2D eigenvalue weighted by molar-refractivity contribution is -0.0498. The van der Waals surface area contributed by atoms with Gasteiger partial charge in [0.05, 0.1) is 12.6 Å². The molecule has 1 aromatic carbocycles. The number of aliphatic hydroxyl groups excluding tert-OH is 1. The Morgan fingerprint density at radius 2 is 2.00 bits per heavy atom. The molecule has 0 aliphatic carbocycles. The first-order valence-electron chi connectivity index (χ1n) is 5.78. The zero-order chi connectivity index (χ0) is 14.3. The maximum atomic E-state index is 12.0. The number of thiocarbonyl (C=S) groups is 1. The van der Waals surface area contributed by atoms with Crippen LogP contribution in [-0.4, -0.2) is 29.5 Å². The van der Waals surface area contributed by atoms with Crippen LogP contribution in [0.1, 0.15) is 13.3 Å². The lowest BCUT2D eigenvalue weighted by Crippen LogP contribution is -2.39. The quantitative estimate of drug-likeness (QED) is 0.702. The summed E-state index contributed by atoms with van der Waals surface area (Å²) in [5.41, 5.74) is 0.645. The maximum Gasteiger partial charge on any atom is 0.387 e. The first-order valence-corrected chi connectivity index (χ1v) is 6.19. The van der Waals surface area contributed by atoms with Crippen LogP contribution in [0.4, 0.5) is 14.5 Å². The molecule has 0 heterocycles. The van der Waals surface area contributed by atoms with Gasteiger partial charge in [-0.2, -0.15) is 8.78 Å². The molecule has 1 rings (SSSR count). The van der Waals surface area contributed by atoms with Gasteiger partial charge in [0.1, 0.15) is 5.75 Å². The fraction of sp³-hybridized carbons (Fsp3) is 0.417. The van der Waals surface area contributed by atoms with E-state index in [4.69, 9.17) is 17.3 Å². The number of hydrogen-bond acceptors (Lipinski definition) is 3. The van der Waals surface area contributed by atoms with E-state index in [1.807, 2.05) is 6.92 Å². The highest BCUT2D eigenvalue weighted by Gasteiger charge is 2.07. The predicted octanol–water partition coefficient (Wildman–Crippen LogP) is 2.35. The Labute approximate surface area is 115 Å². The van der Waals surface area contributed by atoms with E-state index in [2.05, 4.69) is 15.4 Å². The van der Waals surface area contributed by atoms with Crippen molar-refractivity contribution in [1.82, 2.24) is 5.32 Å². The Bertz CT molecular complexity index is 397. The van der Waals surface area contributed by atoms with E-state index in [1.54, 1.807) is 12.1 Å². The Morgan fingerprint density at radius 1 is 1.37 bits per heavy atom. The summed E-state index contributed by atoms with van der Waals surface area (Å²) in [7, 11) is 0. The minimum atomic E-state index is -2.84. The second kappa shape index (κ2) is 7.85. The molecule has 0 aromatic heterocycles. The van der Waals surface area contributed by atoms with Crippen molar-refractivity contribution in [1.29, 1.82) is 0 Å². The van der Waals surface area contributed by atoms with Crippen LogP contribution in [0.2, 0.25) is 0 Å². The second-order valence-corrected chi connectivity index (χ2v) is 4.20. The van der Waals surface area contributed by atoms with Gasteiger partial charge >= 0.3 is 6.61 Å². The van der Waals surface area contributed by atoms with Crippen LogP contribution in [0.5, 0.6) is 5.75 Å². The van der Waals surface area contributed by atoms with Gasteiger partial charge < -0.3 is 20.5 Å². The van der Waals surface area contributed by atoms with Crippen LogP contribution in [0, 0.1) is 0 Å². The summed E-state index contributed by atoms with van der Waals surface area (Å²) in [5, 5.41) is 15.2. The number of alkyl halides is 2. The van der Waals surface area contributed by atoms with E-state index in [0.29, 0.717) is 10.8 Å². The van der Waals surface area contributed by atoms with Crippen molar-refractivity contribution in [2.45, 2.75) is 26.0 Å². The maximum absolute atomic E-state index is 12.0. The summed E-state index contributed by atoms with van der Waals surface area (Å²) in [4.78, 5) is 0. The molecule has 7 heteroatoms. The van der Waals surface area contributed by atoms with E-state index in [0.717, 1.165) is 6.42 Å². The average molecular weight is 290 g/mol. The molecule has 0 saturated carbocycles. The van der Waals surface area contributed by atoms with Gasteiger partial charge in [0.2, 0.25) is 0 Å². The van der Waals surface area contributed by atoms with Crippen LogP contribution in [0.3, 0.4) is 0 Å². The van der Waals surface area contributed by atoms with Crippen molar-refractivity contribution < 1.29 is 18.6 Å². The smallest absolute Gasteiger partial charge is 0.387 e. The lowest BCUT2D eigenvalue weighted by atomic mass is 10.2. The number of nitrogens with one attached hydrogen (secondary N) is 2. The second-order valence-electron chi connectivity index (χ2n) is 3.79. The molecule has 19 heavy (non-hydrogen) atoms. The van der Waals surface area contributed by atoms with Gasteiger partial charge in [0.15, 0.2) is 5.11 Å². The SMILES string of the molecule is CC[C@@H](CO)NC(=S)Nc1ccc(OC(F)F)cc1. The molecule has 0 aliphatic heterocycles. The summed E-state index contributed by atoms with van der Waals surface area (Å²) < 4.78 is 28.2. The molecule has 3 N–H and O–H groups in total. The van der Waals surface area contributed by atoms with Crippen molar-refractivity contribution in [2.24, 2.45) is 0 Å². The fourth-order valence-corrected chi connectivity index (χ4v) is 1.63. The van der Waals surface area contributed by atoms with E-state index in [9.17, 15) is 8.78 Å². The standard InChI is InChI=1S/C12H16F2N2O2S/c1-2-8(7-17)15-12(19)16-9-3-5-10(6-4-9)18-11(13)14/h3-6,8,11,17H,2,7H2,1H3,(H2,15,16,19)/t8-/m0/s1. The summed E-state index contributed by atoms with van der Waals surface area (Å²) in [6, 6.07) is 5.87. The molecule has 1 aromatic rings. The van der Waals surface area contributed by atoms with Gasteiger partial charge in [-0.25, -0.2) is 0 Å². The van der Waals surface area contributed by atoms with Crippen LogP contribution < -0.4 is 15.4 Å². The highest BCUT2D eigenvalue weighted by Crippen LogP contribution is 2.17. The van der Waals surface area contributed by atoms with Crippen molar-refractivity contribution in [3.63, 3.8) is 0 Å². The van der Waals surface area contributed by atoms with E-state index >= 15 is 0 Å². The summed E-state index contributed by atoms with van der Waals surface area (Å²) in [6.07, 6.45) is 0.736. The normalized spacial score (nSPS) is 12.1. The van der Waals surface area contributed by atoms with Gasteiger partial charge in [0.25, 0.3) is 0 Å².